The molecule has 2 unspecified atom stereocenters. The lowest BCUT2D eigenvalue weighted by molar-refractivity contribution is -0.124. The Morgan fingerprint density at radius 2 is 1.93 bits per heavy atom. The minimum absolute atomic E-state index is 0.521. The van der Waals surface area contributed by atoms with Crippen molar-refractivity contribution in [3.05, 3.63) is 34.9 Å². The molecule has 0 aliphatic carbocycles. The lowest BCUT2D eigenvalue weighted by atomic mass is 9.97. The summed E-state index contributed by atoms with van der Waals surface area (Å²) < 4.78 is 0. The molecule has 0 aromatic heterocycles. The van der Waals surface area contributed by atoms with Gasteiger partial charge in [0.15, 0.2) is 0 Å². The molecule has 3 nitrogen and oxygen atoms in total. The van der Waals surface area contributed by atoms with Crippen molar-refractivity contribution in [1.82, 2.24) is 0 Å². The number of primary amides is 1. The second-order valence-corrected chi connectivity index (χ2v) is 3.62. The van der Waals surface area contributed by atoms with Gasteiger partial charge in [-0.3, -0.25) is 4.79 Å². The smallest absolute Gasteiger partial charge is 0.223 e. The monoisotopic (exact) mass is 213 g/mol. The largest absolute Gasteiger partial charge is 0.388 e. The summed E-state index contributed by atoms with van der Waals surface area (Å²) in [6.45, 7) is 1.58. The first-order chi connectivity index (χ1) is 6.52. The van der Waals surface area contributed by atoms with Gasteiger partial charge in [0.1, 0.15) is 0 Å². The minimum Gasteiger partial charge on any atom is -0.388 e. The maximum Gasteiger partial charge on any atom is 0.223 e. The highest BCUT2D eigenvalue weighted by Crippen LogP contribution is 2.22. The summed E-state index contributed by atoms with van der Waals surface area (Å²) in [6.07, 6.45) is -0.871. The number of carbonyl (C=O) groups excluding carboxylic acids is 1. The molecule has 14 heavy (non-hydrogen) atoms. The van der Waals surface area contributed by atoms with Crippen LogP contribution >= 0.6 is 11.6 Å². The Bertz CT molecular complexity index is 323. The van der Waals surface area contributed by atoms with E-state index in [1.54, 1.807) is 31.2 Å². The van der Waals surface area contributed by atoms with E-state index in [9.17, 15) is 9.90 Å². The van der Waals surface area contributed by atoms with Crippen molar-refractivity contribution in [3.63, 3.8) is 0 Å². The van der Waals surface area contributed by atoms with Gasteiger partial charge >= 0.3 is 0 Å². The first-order valence-corrected chi connectivity index (χ1v) is 4.63. The maximum absolute atomic E-state index is 10.8. The van der Waals surface area contributed by atoms with Crippen molar-refractivity contribution < 1.29 is 9.90 Å². The Kier molecular flexibility index (Phi) is 3.49. The number of carbonyl (C=O) groups is 1. The molecule has 0 heterocycles. The van der Waals surface area contributed by atoms with Crippen molar-refractivity contribution in [3.8, 4) is 0 Å². The van der Waals surface area contributed by atoms with Crippen molar-refractivity contribution >= 4 is 17.5 Å². The van der Waals surface area contributed by atoms with Crippen LogP contribution in [0.25, 0.3) is 0 Å². The van der Waals surface area contributed by atoms with Gasteiger partial charge in [-0.15, -0.1) is 0 Å². The van der Waals surface area contributed by atoms with Crippen LogP contribution < -0.4 is 5.73 Å². The third-order valence-corrected chi connectivity index (χ3v) is 2.39. The zero-order valence-corrected chi connectivity index (χ0v) is 8.53. The Labute approximate surface area is 87.5 Å². The lowest BCUT2D eigenvalue weighted by Crippen LogP contribution is -2.26. The van der Waals surface area contributed by atoms with Crippen LogP contribution in [-0.4, -0.2) is 11.0 Å². The zero-order valence-electron chi connectivity index (χ0n) is 7.77. The predicted octanol–water partition coefficient (Wildman–Crippen LogP) is 1.49. The van der Waals surface area contributed by atoms with Crippen LogP contribution in [0.2, 0.25) is 5.02 Å². The van der Waals surface area contributed by atoms with Crippen LogP contribution in [0.1, 0.15) is 18.6 Å². The second kappa shape index (κ2) is 4.44. The number of amides is 1. The number of hydrogen-bond acceptors (Lipinski definition) is 2. The van der Waals surface area contributed by atoms with Crippen molar-refractivity contribution in [2.24, 2.45) is 11.7 Å². The molecule has 0 bridgehead atoms. The first kappa shape index (κ1) is 11.0. The number of aliphatic hydroxyl groups excluding tert-OH is 1. The van der Waals surface area contributed by atoms with Crippen LogP contribution in [0.3, 0.4) is 0 Å². The quantitative estimate of drug-likeness (QED) is 0.799. The zero-order chi connectivity index (χ0) is 10.7. The third-order valence-electron chi connectivity index (χ3n) is 2.13. The Hall–Kier alpha value is -1.06. The highest BCUT2D eigenvalue weighted by Gasteiger charge is 2.20. The van der Waals surface area contributed by atoms with Gasteiger partial charge in [-0.1, -0.05) is 30.7 Å². The molecule has 2 atom stereocenters. The van der Waals surface area contributed by atoms with Crippen molar-refractivity contribution in [2.75, 3.05) is 0 Å². The normalized spacial score (nSPS) is 14.8. The van der Waals surface area contributed by atoms with E-state index in [2.05, 4.69) is 0 Å². The van der Waals surface area contributed by atoms with Crippen molar-refractivity contribution in [2.45, 2.75) is 13.0 Å². The van der Waals surface area contributed by atoms with Crippen LogP contribution in [0, 0.1) is 5.92 Å². The minimum atomic E-state index is -0.871. The van der Waals surface area contributed by atoms with E-state index in [4.69, 9.17) is 17.3 Å². The molecule has 1 aromatic rings. The fraction of sp³-hybridized carbons (Fsp3) is 0.300. The summed E-state index contributed by atoms with van der Waals surface area (Å²) in [5.41, 5.74) is 5.72. The Morgan fingerprint density at radius 3 is 2.36 bits per heavy atom. The number of nitrogens with two attached hydrogens (primary N) is 1. The van der Waals surface area contributed by atoms with E-state index in [1.807, 2.05) is 0 Å². The average Bonchev–Trinajstić information content (AvgIpc) is 2.16. The van der Waals surface area contributed by atoms with Crippen LogP contribution in [0.4, 0.5) is 0 Å². The van der Waals surface area contributed by atoms with Gasteiger partial charge < -0.3 is 10.8 Å². The third kappa shape index (κ3) is 2.47. The topological polar surface area (TPSA) is 63.3 Å². The molecule has 1 aromatic carbocycles. The molecule has 4 heteroatoms. The molecular weight excluding hydrogens is 202 g/mol. The first-order valence-electron chi connectivity index (χ1n) is 4.25. The van der Waals surface area contributed by atoms with Gasteiger partial charge in [-0.2, -0.15) is 0 Å². The highest BCUT2D eigenvalue weighted by atomic mass is 35.5. The Balaban J connectivity index is 2.84. The molecule has 1 rings (SSSR count). The molecule has 0 radical (unpaired) electrons. The molecule has 3 N–H and O–H groups in total. The standard InChI is InChI=1S/C10H12ClNO2/c1-6(10(12)14)9(13)7-2-4-8(11)5-3-7/h2-6,9,13H,1H3,(H2,12,14). The molecule has 0 fully saturated rings. The van der Waals surface area contributed by atoms with Crippen LogP contribution in [0.5, 0.6) is 0 Å². The molecule has 1 amide bonds. The SMILES string of the molecule is CC(C(N)=O)C(O)c1ccc(Cl)cc1. The predicted molar refractivity (Wildman–Crippen MR) is 54.8 cm³/mol. The summed E-state index contributed by atoms with van der Waals surface area (Å²) in [5, 5.41) is 10.3. The number of benzene rings is 1. The molecule has 0 saturated carbocycles. The van der Waals surface area contributed by atoms with Gasteiger partial charge in [0.2, 0.25) is 5.91 Å². The van der Waals surface area contributed by atoms with Gasteiger partial charge in [-0.05, 0) is 17.7 Å². The Morgan fingerprint density at radius 1 is 1.43 bits per heavy atom. The van der Waals surface area contributed by atoms with Gasteiger partial charge in [-0.25, -0.2) is 0 Å². The maximum atomic E-state index is 10.8. The summed E-state index contributed by atoms with van der Waals surface area (Å²) in [5.74, 6) is -1.12. The van der Waals surface area contributed by atoms with Gasteiger partial charge in [0.05, 0.1) is 12.0 Å². The van der Waals surface area contributed by atoms with Crippen LogP contribution in [-0.2, 0) is 4.79 Å². The van der Waals surface area contributed by atoms with E-state index in [-0.39, 0.29) is 0 Å². The molecule has 0 spiro atoms. The summed E-state index contributed by atoms with van der Waals surface area (Å²) in [4.78, 5) is 10.8. The molecule has 76 valence electrons. The van der Waals surface area contributed by atoms with Crippen molar-refractivity contribution in [1.29, 1.82) is 0 Å². The molecule has 0 aliphatic rings. The number of hydrogen-bond donors (Lipinski definition) is 2. The van der Waals surface area contributed by atoms with E-state index >= 15 is 0 Å². The average molecular weight is 214 g/mol. The van der Waals surface area contributed by atoms with E-state index in [0.29, 0.717) is 10.6 Å². The van der Waals surface area contributed by atoms with Gasteiger partial charge in [0.25, 0.3) is 0 Å². The van der Waals surface area contributed by atoms with Gasteiger partial charge in [0, 0.05) is 5.02 Å². The number of aliphatic hydroxyl groups is 1. The summed E-state index contributed by atoms with van der Waals surface area (Å²) in [7, 11) is 0. The van der Waals surface area contributed by atoms with E-state index in [1.165, 1.54) is 0 Å². The summed E-state index contributed by atoms with van der Waals surface area (Å²) >= 11 is 5.69. The van der Waals surface area contributed by atoms with E-state index < -0.39 is 17.9 Å². The lowest BCUT2D eigenvalue weighted by Gasteiger charge is -2.15. The van der Waals surface area contributed by atoms with Crippen LogP contribution in [0.15, 0.2) is 24.3 Å². The summed E-state index contributed by atoms with van der Waals surface area (Å²) in [6, 6.07) is 6.67. The molecule has 0 aliphatic heterocycles. The van der Waals surface area contributed by atoms with E-state index in [0.717, 1.165) is 0 Å². The fourth-order valence-electron chi connectivity index (χ4n) is 1.10. The highest BCUT2D eigenvalue weighted by molar-refractivity contribution is 6.30. The number of rotatable bonds is 3. The molecular formula is C10H12ClNO2. The molecule has 0 saturated heterocycles. The second-order valence-electron chi connectivity index (χ2n) is 3.19. The fourth-order valence-corrected chi connectivity index (χ4v) is 1.23. The number of halogens is 1.